The number of amides is 1. The highest BCUT2D eigenvalue weighted by molar-refractivity contribution is 8.22. The number of nitrogens with zero attached hydrogens (tertiary/aromatic N) is 3. The molecule has 1 amide bonds. The van der Waals surface area contributed by atoms with E-state index in [1.165, 1.54) is 12.1 Å². The van der Waals surface area contributed by atoms with E-state index in [-0.39, 0.29) is 17.6 Å². The molecule has 0 saturated carbocycles. The number of nitro benzene ring substituents is 1. The monoisotopic (exact) mass is 394 g/mol. The average molecular weight is 395 g/mol. The maximum atomic E-state index is 12.4. The lowest BCUT2D eigenvalue weighted by Gasteiger charge is -2.37. The van der Waals surface area contributed by atoms with Crippen LogP contribution in [0.4, 0.5) is 5.69 Å². The molecular formula is C17H22N4O3S2. The number of piperazine rings is 1. The lowest BCUT2D eigenvalue weighted by Crippen LogP contribution is -2.53. The van der Waals surface area contributed by atoms with Crippen molar-refractivity contribution in [1.82, 2.24) is 15.1 Å². The van der Waals surface area contributed by atoms with Gasteiger partial charge in [0, 0.05) is 44.1 Å². The summed E-state index contributed by atoms with van der Waals surface area (Å²) in [4.78, 5) is 26.8. The summed E-state index contributed by atoms with van der Waals surface area (Å²) in [6, 6.07) is 6.54. The van der Waals surface area contributed by atoms with Crippen LogP contribution in [0, 0.1) is 10.1 Å². The summed E-state index contributed by atoms with van der Waals surface area (Å²) >= 11 is 7.07. The van der Waals surface area contributed by atoms with Crippen molar-refractivity contribution in [2.45, 2.75) is 24.6 Å². The van der Waals surface area contributed by atoms with Gasteiger partial charge in [-0.1, -0.05) is 36.1 Å². The third-order valence-electron chi connectivity index (χ3n) is 4.72. The SMILES string of the molecule is O=C([C@@H]1CCCN1)N1CCN(C(=S)SCc2ccc([N+](=O)[O-])cc2)CC1. The summed E-state index contributed by atoms with van der Waals surface area (Å²) in [5.41, 5.74) is 1.10. The summed E-state index contributed by atoms with van der Waals surface area (Å²) in [5.74, 6) is 0.897. The number of carbonyl (C=O) groups excluding carboxylic acids is 1. The summed E-state index contributed by atoms with van der Waals surface area (Å²) < 4.78 is 0.814. The zero-order chi connectivity index (χ0) is 18.5. The number of nitrogens with one attached hydrogen (secondary N) is 1. The van der Waals surface area contributed by atoms with Crippen molar-refractivity contribution in [2.75, 3.05) is 32.7 Å². The van der Waals surface area contributed by atoms with Gasteiger partial charge in [0.2, 0.25) is 5.91 Å². The number of thiocarbonyl (C=S) groups is 1. The summed E-state index contributed by atoms with van der Waals surface area (Å²) in [7, 11) is 0. The first-order valence-corrected chi connectivity index (χ1v) is 10.1. The first-order chi connectivity index (χ1) is 12.5. The number of nitro groups is 1. The second-order valence-corrected chi connectivity index (χ2v) is 8.05. The molecule has 2 fully saturated rings. The van der Waals surface area contributed by atoms with Crippen molar-refractivity contribution < 1.29 is 9.72 Å². The molecule has 0 aliphatic carbocycles. The molecule has 0 aromatic heterocycles. The van der Waals surface area contributed by atoms with Crippen molar-refractivity contribution in [3.05, 3.63) is 39.9 Å². The van der Waals surface area contributed by atoms with Gasteiger partial charge in [-0.3, -0.25) is 14.9 Å². The van der Waals surface area contributed by atoms with Gasteiger partial charge in [0.25, 0.3) is 5.69 Å². The first kappa shape index (κ1) is 19.1. The van der Waals surface area contributed by atoms with E-state index in [0.29, 0.717) is 18.8 Å². The van der Waals surface area contributed by atoms with E-state index < -0.39 is 4.92 Å². The Labute approximate surface area is 162 Å². The molecule has 26 heavy (non-hydrogen) atoms. The average Bonchev–Trinajstić information content (AvgIpc) is 3.20. The van der Waals surface area contributed by atoms with Crippen molar-refractivity contribution in [3.63, 3.8) is 0 Å². The highest BCUT2D eigenvalue weighted by atomic mass is 32.2. The zero-order valence-corrected chi connectivity index (χ0v) is 16.1. The van der Waals surface area contributed by atoms with Gasteiger partial charge >= 0.3 is 0 Å². The highest BCUT2D eigenvalue weighted by Crippen LogP contribution is 2.20. The van der Waals surface area contributed by atoms with Gasteiger partial charge in [-0.15, -0.1) is 0 Å². The quantitative estimate of drug-likeness (QED) is 0.475. The number of thioether (sulfide) groups is 1. The van der Waals surface area contributed by atoms with Crippen LogP contribution in [0.25, 0.3) is 0 Å². The van der Waals surface area contributed by atoms with E-state index in [0.717, 1.165) is 42.4 Å². The topological polar surface area (TPSA) is 78.7 Å². The van der Waals surface area contributed by atoms with Crippen LogP contribution in [0.1, 0.15) is 18.4 Å². The summed E-state index contributed by atoms with van der Waals surface area (Å²) in [5, 5.41) is 13.9. The fourth-order valence-corrected chi connectivity index (χ4v) is 4.38. The number of hydrogen-bond donors (Lipinski definition) is 1. The Morgan fingerprint density at radius 2 is 1.88 bits per heavy atom. The largest absolute Gasteiger partial charge is 0.354 e. The number of non-ortho nitro benzene ring substituents is 1. The van der Waals surface area contributed by atoms with Gasteiger partial charge in [-0.25, -0.2) is 0 Å². The third-order valence-corrected chi connectivity index (χ3v) is 6.31. The smallest absolute Gasteiger partial charge is 0.269 e. The van der Waals surface area contributed by atoms with Gasteiger partial charge in [0.1, 0.15) is 4.32 Å². The second kappa shape index (κ2) is 8.79. The summed E-state index contributed by atoms with van der Waals surface area (Å²) in [6.45, 7) is 3.85. The van der Waals surface area contributed by atoms with Crippen molar-refractivity contribution in [3.8, 4) is 0 Å². The van der Waals surface area contributed by atoms with E-state index in [4.69, 9.17) is 12.2 Å². The molecule has 1 aromatic rings. The van der Waals surface area contributed by atoms with Gasteiger partial charge < -0.3 is 15.1 Å². The third kappa shape index (κ3) is 4.72. The number of rotatable bonds is 4. The predicted molar refractivity (Wildman–Crippen MR) is 106 cm³/mol. The van der Waals surface area contributed by atoms with E-state index in [1.807, 2.05) is 4.90 Å². The fourth-order valence-electron chi connectivity index (χ4n) is 3.18. The molecule has 140 valence electrons. The van der Waals surface area contributed by atoms with Gasteiger partial charge in [-0.2, -0.15) is 0 Å². The lowest BCUT2D eigenvalue weighted by atomic mass is 10.2. The zero-order valence-electron chi connectivity index (χ0n) is 14.4. The molecule has 0 unspecified atom stereocenters. The van der Waals surface area contributed by atoms with Crippen molar-refractivity contribution in [1.29, 1.82) is 0 Å². The van der Waals surface area contributed by atoms with Gasteiger partial charge in [0.15, 0.2) is 0 Å². The number of carbonyl (C=O) groups is 1. The molecule has 2 heterocycles. The van der Waals surface area contributed by atoms with Crippen LogP contribution in [0.2, 0.25) is 0 Å². The molecule has 1 N–H and O–H groups in total. The Bertz CT molecular complexity index is 669. The van der Waals surface area contributed by atoms with Crippen LogP contribution in [0.15, 0.2) is 24.3 Å². The molecule has 3 rings (SSSR count). The minimum absolute atomic E-state index is 0.00925. The molecule has 1 atom stereocenters. The lowest BCUT2D eigenvalue weighted by molar-refractivity contribution is -0.384. The molecule has 1 aromatic carbocycles. The van der Waals surface area contributed by atoms with Gasteiger partial charge in [-0.05, 0) is 24.9 Å². The Balaban J connectivity index is 1.43. The maximum absolute atomic E-state index is 12.4. The van der Waals surface area contributed by atoms with Crippen LogP contribution in [-0.4, -0.2) is 63.7 Å². The Morgan fingerprint density at radius 1 is 1.23 bits per heavy atom. The summed E-state index contributed by atoms with van der Waals surface area (Å²) in [6.07, 6.45) is 2.00. The molecule has 2 aliphatic heterocycles. The number of benzene rings is 1. The molecule has 0 bridgehead atoms. The van der Waals surface area contributed by atoms with Crippen molar-refractivity contribution in [2.24, 2.45) is 0 Å². The van der Waals surface area contributed by atoms with E-state index in [1.54, 1.807) is 23.9 Å². The minimum atomic E-state index is -0.399. The predicted octanol–water partition coefficient (Wildman–Crippen LogP) is 2.01. The molecule has 0 radical (unpaired) electrons. The van der Waals surface area contributed by atoms with Gasteiger partial charge in [0.05, 0.1) is 11.0 Å². The van der Waals surface area contributed by atoms with E-state index in [2.05, 4.69) is 10.2 Å². The van der Waals surface area contributed by atoms with E-state index >= 15 is 0 Å². The second-order valence-electron chi connectivity index (χ2n) is 6.44. The van der Waals surface area contributed by atoms with Crippen LogP contribution in [-0.2, 0) is 10.5 Å². The standard InChI is InChI=1S/C17H22N4O3S2/c22-16(15-2-1-7-18-15)19-8-10-20(11-9-19)17(25)26-12-13-3-5-14(6-4-13)21(23)24/h3-6,15,18H,1-2,7-12H2/t15-/m0/s1. The molecule has 9 heteroatoms. The highest BCUT2D eigenvalue weighted by Gasteiger charge is 2.29. The molecule has 0 spiro atoms. The van der Waals surface area contributed by atoms with Crippen LogP contribution in [0.5, 0.6) is 0 Å². The molecular weight excluding hydrogens is 372 g/mol. The maximum Gasteiger partial charge on any atom is 0.269 e. The van der Waals surface area contributed by atoms with Crippen molar-refractivity contribution >= 4 is 39.9 Å². The van der Waals surface area contributed by atoms with Crippen LogP contribution in [0.3, 0.4) is 0 Å². The first-order valence-electron chi connectivity index (χ1n) is 8.72. The Hall–Kier alpha value is -1.71. The number of hydrogen-bond acceptors (Lipinski definition) is 6. The van der Waals surface area contributed by atoms with Crippen LogP contribution < -0.4 is 5.32 Å². The van der Waals surface area contributed by atoms with E-state index in [9.17, 15) is 14.9 Å². The Morgan fingerprint density at radius 3 is 2.46 bits per heavy atom. The molecule has 2 aliphatic rings. The molecule has 2 saturated heterocycles. The minimum Gasteiger partial charge on any atom is -0.354 e. The normalized spacial score (nSPS) is 20.2. The fraction of sp³-hybridized carbons (Fsp3) is 0.529. The Kier molecular flexibility index (Phi) is 6.44. The van der Waals surface area contributed by atoms with Crippen LogP contribution >= 0.6 is 24.0 Å². The molecule has 7 nitrogen and oxygen atoms in total.